The Morgan fingerprint density at radius 2 is 0.775 bits per heavy atom. The summed E-state index contributed by atoms with van der Waals surface area (Å²) < 4.78 is 154. The van der Waals surface area contributed by atoms with Crippen molar-refractivity contribution in [1.29, 1.82) is 0 Å². The zero-order valence-corrected chi connectivity index (χ0v) is 86.6. The molecule has 33 heteroatoms. The Balaban J connectivity index is 0.000000218. The molecule has 14 rings (SSSR count). The maximum atomic E-state index is 12.5. The second-order valence-corrected chi connectivity index (χ2v) is 57.9. The smallest absolute Gasteiger partial charge is 0.303 e. The summed E-state index contributed by atoms with van der Waals surface area (Å²) in [5, 5.41) is 0. The molecule has 0 aliphatic carbocycles. The van der Waals surface area contributed by atoms with E-state index in [-0.39, 0.29) is 44.2 Å². The van der Waals surface area contributed by atoms with Crippen molar-refractivity contribution in [2.75, 3.05) is 39.6 Å². The quantitative estimate of drug-likeness (QED) is 0.0275. The largest absolute Gasteiger partial charge is 0.454 e. The van der Waals surface area contributed by atoms with Gasteiger partial charge in [-0.2, -0.15) is 0 Å². The van der Waals surface area contributed by atoms with Crippen LogP contribution < -0.4 is 0 Å². The van der Waals surface area contributed by atoms with Crippen LogP contribution in [-0.2, 0) is 206 Å². The van der Waals surface area contributed by atoms with Crippen molar-refractivity contribution in [3.05, 3.63) is 179 Å². The number of carbonyl (C=O) groups is 1. The topological polar surface area (TPSA) is 229 Å². The van der Waals surface area contributed by atoms with Gasteiger partial charge in [-0.25, -0.2) is 0 Å². The standard InChI is InChI=1S/C50H70O12Si.C46H70O12Si.S7/c1-31(2)63(32(3)4,33(5)6)62-47-43-41(59-49(9,10)60-43)40(35(8)55-47)57-46-42(52-28-37-22-16-12-17-23-37)39(34(7)26-53-46)56-48-44-50(30-54-48,29-51-27-36-20-14-11-15-21-36)61-45(58-44)38-24-18-13-19-25-38;1-28(2)59(29(3)4,30(5)6)58-44-41-39(56-45(11,12)57-41)38(33(9)52-44)54-43-40(49-25-36-21-17-14-18-22-36)37(31(7)23-50-43)53-42-32(8)46(27-51-42,55-34(10)47)26-48-24-35-19-15-13-16-20-35;1-3-5-7-6-4-2/h11-25,31-35,39-48H,26-30H2,1-10H3;13-22,28-33,37-44H,23-27H2,1-12H3;/t34-,35?,39?,40+,41?,42-,43+,44?,45+,46+,47+,48+,50+;31-,32?,33?,37?,38+,39?,40-,41+,42+,43+,44+,46+;/m11./s1. The van der Waals surface area contributed by atoms with Crippen LogP contribution in [0, 0.1) is 17.8 Å². The van der Waals surface area contributed by atoms with E-state index < -0.39 is 169 Å². The molecule has 0 aromatic heterocycles. The number of ether oxygens (including phenoxy) is 21. The van der Waals surface area contributed by atoms with Gasteiger partial charge in [-0.05, 0) is 97.0 Å². The van der Waals surface area contributed by atoms with E-state index in [9.17, 15) is 4.79 Å². The molecular weight excluding hydrogens is 1820 g/mol. The first-order valence-corrected chi connectivity index (χ1v) is 58.0. The average molecular weight is 1960 g/mol. The Morgan fingerprint density at radius 3 is 1.17 bits per heavy atom. The van der Waals surface area contributed by atoms with E-state index in [4.69, 9.17) is 108 Å². The van der Waals surface area contributed by atoms with Crippen LogP contribution >= 0.6 is 0 Å². The minimum atomic E-state index is -2.37. The van der Waals surface area contributed by atoms with E-state index >= 15 is 0 Å². The van der Waals surface area contributed by atoms with Crippen LogP contribution in [0.4, 0.5) is 0 Å². The summed E-state index contributed by atoms with van der Waals surface area (Å²) >= 11 is 9.14. The number of hydrogen-bond acceptors (Lipinski definition) is 26. The van der Waals surface area contributed by atoms with E-state index in [1.54, 1.807) is 26.6 Å². The molecule has 0 amide bonds. The molecule has 718 valence electrons. The van der Waals surface area contributed by atoms with Crippen molar-refractivity contribution in [2.24, 2.45) is 17.8 Å². The van der Waals surface area contributed by atoms with Gasteiger partial charge in [0.05, 0.1) is 96.4 Å². The number of benzene rings is 5. The molecule has 9 saturated heterocycles. The lowest BCUT2D eigenvalue weighted by Gasteiger charge is -2.50. The summed E-state index contributed by atoms with van der Waals surface area (Å²) in [6, 6.07) is 50.0. The van der Waals surface area contributed by atoms with E-state index in [0.29, 0.717) is 72.9 Å². The third-order valence-electron chi connectivity index (χ3n) is 26.3. The van der Waals surface area contributed by atoms with Gasteiger partial charge in [0.2, 0.25) is 16.6 Å². The number of fused-ring (bicyclic) bond motifs is 3. The highest BCUT2D eigenvalue weighted by Crippen LogP contribution is 2.52. The van der Waals surface area contributed by atoms with Crippen LogP contribution in [-0.4, -0.2) is 202 Å². The molecule has 5 aromatic carbocycles. The molecule has 9 fully saturated rings. The first kappa shape index (κ1) is 105. The first-order valence-electron chi connectivity index (χ1n) is 45.7. The molecule has 9 heterocycles. The summed E-state index contributed by atoms with van der Waals surface area (Å²) in [5.74, 6) is -2.79. The normalized spacial score (nSPS) is 33.5. The third kappa shape index (κ3) is 25.6. The van der Waals surface area contributed by atoms with Gasteiger partial charge in [-0.15, -0.1) is 0 Å². The number of rotatable bonds is 34. The van der Waals surface area contributed by atoms with E-state index in [1.165, 1.54) is 24.7 Å². The van der Waals surface area contributed by atoms with Gasteiger partial charge in [-0.1, -0.05) is 256 Å². The first-order chi connectivity index (χ1) is 61.6. The molecule has 5 aromatic rings. The molecule has 129 heavy (non-hydrogen) atoms. The fourth-order valence-corrected chi connectivity index (χ4v) is 39.4. The molecular formula is C96H140O24S7Si2. The number of hydrogen-bond donors (Lipinski definition) is 0. The van der Waals surface area contributed by atoms with Gasteiger partial charge >= 0.3 is 5.97 Å². The number of carbonyl (C=O) groups excluding carboxylic acids is 1. The predicted octanol–water partition coefficient (Wildman–Crippen LogP) is 17.5. The lowest BCUT2D eigenvalue weighted by atomic mass is 9.91. The summed E-state index contributed by atoms with van der Waals surface area (Å²) in [6.07, 6.45) is -12.3. The zero-order valence-electron chi connectivity index (χ0n) is 78.9. The zero-order chi connectivity index (χ0) is 92.8. The summed E-state index contributed by atoms with van der Waals surface area (Å²) in [5.41, 5.74) is 5.18. The minimum Gasteiger partial charge on any atom is -0.454 e. The molecule has 8 unspecified atom stereocenters. The van der Waals surface area contributed by atoms with Gasteiger partial charge in [0.15, 0.2) is 61.2 Å². The molecule has 0 bridgehead atoms. The van der Waals surface area contributed by atoms with Crippen LogP contribution in [0.5, 0.6) is 0 Å². The fraction of sp³-hybridized carbons (Fsp3) is 0.677. The van der Waals surface area contributed by atoms with Crippen LogP contribution in [0.2, 0.25) is 33.2 Å². The van der Waals surface area contributed by atoms with Crippen LogP contribution in [0.15, 0.2) is 152 Å². The second-order valence-electron chi connectivity index (χ2n) is 38.3. The maximum Gasteiger partial charge on any atom is 0.303 e. The minimum absolute atomic E-state index is 0.109. The Hall–Kier alpha value is -3.34. The Morgan fingerprint density at radius 1 is 0.411 bits per heavy atom. The van der Waals surface area contributed by atoms with Gasteiger partial charge in [0.1, 0.15) is 60.5 Å². The molecule has 9 aliphatic rings. The highest BCUT2D eigenvalue weighted by molar-refractivity contribution is 8.68. The SMILES string of the molecule is CC(=O)O[C@@]1(COCc2ccccc2)CO[C@@H](OC2[C@H](C)CO[C@@H](O[C@H]3C(C)O[C@@H](O[Si](C(C)C)(C(C)C)C(C)C)[C@H]4OC(C)(C)OC34)[C@@H]2OCc2ccccc2)C1C.CC1O[C@@H](O[Si](C(C)C)(C(C)C)C(C)C)[C@H]2OC(C)(C)OC2[C@H]1O[C@@H]1OC[C@@H](C)C(O[C@@H]2OC[C@]3(COCc4ccccc4)O[C@@H](c4ccccc4)OC23)[C@H]1OCc1ccccc1.S=S=S=S=S=S=S. The van der Waals surface area contributed by atoms with E-state index in [2.05, 4.69) is 119 Å². The molecule has 0 spiro atoms. The van der Waals surface area contributed by atoms with Crippen molar-refractivity contribution in [3.63, 3.8) is 0 Å². The van der Waals surface area contributed by atoms with Crippen molar-refractivity contribution in [2.45, 2.75) is 358 Å². The summed E-state index contributed by atoms with van der Waals surface area (Å²) in [6.45, 7) is 49.3. The number of esters is 1. The Kier molecular flexibility index (Phi) is 38.4. The molecule has 9 aliphatic heterocycles. The third-order valence-corrected chi connectivity index (χ3v) is 47.3. The lowest BCUT2D eigenvalue weighted by Crippen LogP contribution is -2.63. The molecule has 0 saturated carbocycles. The van der Waals surface area contributed by atoms with Crippen molar-refractivity contribution in [1.82, 2.24) is 0 Å². The van der Waals surface area contributed by atoms with Crippen molar-refractivity contribution < 1.29 is 113 Å². The van der Waals surface area contributed by atoms with Crippen LogP contribution in [0.25, 0.3) is 0 Å². The Bertz CT molecular complexity index is 4450. The highest BCUT2D eigenvalue weighted by atomic mass is 33.4. The maximum absolute atomic E-state index is 12.5. The van der Waals surface area contributed by atoms with Gasteiger partial charge < -0.3 is 108 Å². The molecule has 0 radical (unpaired) electrons. The van der Waals surface area contributed by atoms with Gasteiger partial charge in [-0.3, -0.25) is 4.79 Å². The predicted molar refractivity (Wildman–Crippen MR) is 513 cm³/mol. The Labute approximate surface area is 791 Å². The highest BCUT2D eigenvalue weighted by Gasteiger charge is 2.65. The van der Waals surface area contributed by atoms with Crippen LogP contribution in [0.1, 0.15) is 186 Å². The van der Waals surface area contributed by atoms with Gasteiger partial charge in [0.25, 0.3) is 0 Å². The van der Waals surface area contributed by atoms with E-state index in [0.717, 1.165) is 27.8 Å². The average Bonchev–Trinajstić information content (AvgIpc) is 1.60. The molecule has 0 N–H and O–H groups in total. The monoisotopic (exact) mass is 1960 g/mol. The lowest BCUT2D eigenvalue weighted by molar-refractivity contribution is -0.340. The molecule has 24 nitrogen and oxygen atoms in total. The van der Waals surface area contributed by atoms with Crippen LogP contribution in [0.3, 0.4) is 0 Å². The summed E-state index contributed by atoms with van der Waals surface area (Å²) in [4.78, 5) is 12.5. The van der Waals surface area contributed by atoms with E-state index in [1.807, 2.05) is 200 Å². The van der Waals surface area contributed by atoms with Gasteiger partial charge in [0, 0.05) is 91.1 Å². The second kappa shape index (κ2) is 47.3. The van der Waals surface area contributed by atoms with Crippen molar-refractivity contribution >= 4 is 89.4 Å². The van der Waals surface area contributed by atoms with Crippen molar-refractivity contribution in [3.8, 4) is 0 Å². The molecule has 25 atom stereocenters. The summed E-state index contributed by atoms with van der Waals surface area (Å²) in [7, 11) is 2.63. The fourth-order valence-electron chi connectivity index (χ4n) is 20.3.